The molecule has 0 aliphatic rings. The van der Waals surface area contributed by atoms with E-state index in [0.717, 1.165) is 12.8 Å². The molecular formula is C24H54O6Si2. The molecule has 0 saturated heterocycles. The first-order chi connectivity index (χ1) is 15.6. The van der Waals surface area contributed by atoms with Crippen molar-refractivity contribution in [1.29, 1.82) is 0 Å². The third-order valence-electron chi connectivity index (χ3n) is 6.66. The van der Waals surface area contributed by atoms with Crippen LogP contribution in [-0.2, 0) is 26.6 Å². The van der Waals surface area contributed by atoms with E-state index in [4.69, 9.17) is 26.6 Å². The van der Waals surface area contributed by atoms with E-state index in [2.05, 4.69) is 6.92 Å². The van der Waals surface area contributed by atoms with Crippen molar-refractivity contribution in [2.75, 3.05) is 42.7 Å². The highest BCUT2D eigenvalue weighted by molar-refractivity contribution is 6.82. The highest BCUT2D eigenvalue weighted by Gasteiger charge is 2.63. The lowest BCUT2D eigenvalue weighted by Crippen LogP contribution is -2.62. The third kappa shape index (κ3) is 11.6. The summed E-state index contributed by atoms with van der Waals surface area (Å²) >= 11 is 0. The smallest absolute Gasteiger partial charge is 0.377 e. The fourth-order valence-corrected chi connectivity index (χ4v) is 12.3. The van der Waals surface area contributed by atoms with E-state index < -0.39 is 17.6 Å². The Balaban J connectivity index is 4.15. The van der Waals surface area contributed by atoms with Gasteiger partial charge in [-0.1, -0.05) is 103 Å². The van der Waals surface area contributed by atoms with E-state index in [1.54, 1.807) is 42.7 Å². The van der Waals surface area contributed by atoms with Gasteiger partial charge in [-0.15, -0.1) is 0 Å². The Kier molecular flexibility index (Phi) is 20.7. The molecule has 0 unspecified atom stereocenters. The van der Waals surface area contributed by atoms with Crippen LogP contribution in [0.25, 0.3) is 0 Å². The van der Waals surface area contributed by atoms with Crippen LogP contribution in [0.3, 0.4) is 0 Å². The van der Waals surface area contributed by atoms with E-state index in [0.29, 0.717) is 0 Å². The van der Waals surface area contributed by atoms with Crippen molar-refractivity contribution in [3.63, 3.8) is 0 Å². The fraction of sp³-hybridized carbons (Fsp3) is 1.00. The van der Waals surface area contributed by atoms with Crippen LogP contribution in [0.2, 0.25) is 5.16 Å². The maximum Gasteiger partial charge on any atom is 0.507 e. The highest BCUT2D eigenvalue weighted by Crippen LogP contribution is 2.39. The summed E-state index contributed by atoms with van der Waals surface area (Å²) < 4.78 is 34.6. The maximum atomic E-state index is 5.77. The van der Waals surface area contributed by atoms with Crippen molar-refractivity contribution in [3.8, 4) is 0 Å². The molecule has 0 rings (SSSR count). The predicted molar refractivity (Wildman–Crippen MR) is 137 cm³/mol. The van der Waals surface area contributed by atoms with E-state index >= 15 is 0 Å². The van der Waals surface area contributed by atoms with Crippen molar-refractivity contribution in [2.45, 2.75) is 115 Å². The molecule has 0 spiro atoms. The molecule has 0 bridgehead atoms. The van der Waals surface area contributed by atoms with Gasteiger partial charge in [0.2, 0.25) is 0 Å². The summed E-state index contributed by atoms with van der Waals surface area (Å²) in [6.45, 7) is 2.28. The quantitative estimate of drug-likeness (QED) is 0.107. The topological polar surface area (TPSA) is 55.4 Å². The predicted octanol–water partition coefficient (Wildman–Crippen LogP) is 6.91. The van der Waals surface area contributed by atoms with Gasteiger partial charge in [0, 0.05) is 42.7 Å². The minimum Gasteiger partial charge on any atom is -0.377 e. The van der Waals surface area contributed by atoms with E-state index in [9.17, 15) is 0 Å². The zero-order valence-corrected chi connectivity index (χ0v) is 24.3. The molecule has 0 fully saturated rings. The molecular weight excluding hydrogens is 440 g/mol. The zero-order chi connectivity index (χ0) is 24.1. The molecule has 0 aliphatic carbocycles. The van der Waals surface area contributed by atoms with Gasteiger partial charge in [0.05, 0.1) is 5.16 Å². The number of hydrogen-bond acceptors (Lipinski definition) is 6. The first kappa shape index (κ1) is 32.2. The average Bonchev–Trinajstić information content (AvgIpc) is 2.83. The second-order valence-corrected chi connectivity index (χ2v) is 15.6. The van der Waals surface area contributed by atoms with Crippen LogP contribution in [0.4, 0.5) is 0 Å². The van der Waals surface area contributed by atoms with Gasteiger partial charge < -0.3 is 26.6 Å². The first-order valence-corrected chi connectivity index (χ1v) is 16.5. The summed E-state index contributed by atoms with van der Waals surface area (Å²) in [5, 5.41) is -0.142. The van der Waals surface area contributed by atoms with Crippen molar-refractivity contribution in [3.05, 3.63) is 0 Å². The molecule has 8 heteroatoms. The monoisotopic (exact) mass is 494 g/mol. The molecule has 0 radical (unpaired) electrons. The molecule has 0 heterocycles. The SMILES string of the molecule is CCCCCCCCCCCCCCCCCC([Si](OC)(OC)OC)[Si](OC)(OC)OC. The van der Waals surface area contributed by atoms with Gasteiger partial charge in [-0.25, -0.2) is 0 Å². The normalized spacial score (nSPS) is 12.8. The molecule has 0 saturated carbocycles. The lowest BCUT2D eigenvalue weighted by Gasteiger charge is -2.39. The van der Waals surface area contributed by atoms with E-state index in [1.807, 2.05) is 0 Å². The molecule has 0 aliphatic heterocycles. The molecule has 0 amide bonds. The fourth-order valence-electron chi connectivity index (χ4n) is 4.64. The molecule has 0 aromatic rings. The summed E-state index contributed by atoms with van der Waals surface area (Å²) in [6, 6.07) is 0. The molecule has 194 valence electrons. The maximum absolute atomic E-state index is 5.77. The number of rotatable bonds is 24. The minimum atomic E-state index is -2.97. The molecule has 0 N–H and O–H groups in total. The van der Waals surface area contributed by atoms with Crippen molar-refractivity contribution in [2.24, 2.45) is 0 Å². The Hall–Kier alpha value is 0.194. The van der Waals surface area contributed by atoms with Crippen LogP contribution in [0.15, 0.2) is 0 Å². The van der Waals surface area contributed by atoms with Crippen LogP contribution in [-0.4, -0.2) is 60.3 Å². The van der Waals surface area contributed by atoms with Crippen LogP contribution in [0.1, 0.15) is 110 Å². The Labute approximate surface area is 201 Å². The second-order valence-electron chi connectivity index (χ2n) is 8.72. The van der Waals surface area contributed by atoms with Crippen molar-refractivity contribution >= 4 is 17.6 Å². The Bertz CT molecular complexity index is 369. The molecule has 0 atom stereocenters. The second kappa shape index (κ2) is 20.6. The van der Waals surface area contributed by atoms with Gasteiger partial charge in [0.1, 0.15) is 0 Å². The standard InChI is InChI=1S/C24H54O6Si2/c1-8-9-10-11-12-13-14-15-16-17-18-19-20-21-22-23-24(31(25-2,26-3)27-4)32(28-5,29-6)30-7/h24H,8-23H2,1-7H3. The molecule has 6 nitrogen and oxygen atoms in total. The van der Waals surface area contributed by atoms with Crippen LogP contribution < -0.4 is 0 Å². The largest absolute Gasteiger partial charge is 0.507 e. The summed E-state index contributed by atoms with van der Waals surface area (Å²) in [7, 11) is 3.90. The summed E-state index contributed by atoms with van der Waals surface area (Å²) in [6.07, 6.45) is 21.0. The summed E-state index contributed by atoms with van der Waals surface area (Å²) in [4.78, 5) is 0. The van der Waals surface area contributed by atoms with Gasteiger partial charge in [-0.05, 0) is 6.42 Å². The number of unbranched alkanes of at least 4 members (excludes halogenated alkanes) is 14. The van der Waals surface area contributed by atoms with Crippen molar-refractivity contribution in [1.82, 2.24) is 0 Å². The van der Waals surface area contributed by atoms with E-state index in [-0.39, 0.29) is 5.16 Å². The van der Waals surface area contributed by atoms with Gasteiger partial charge in [0.15, 0.2) is 0 Å². The minimum absolute atomic E-state index is 0.142. The first-order valence-electron chi connectivity index (χ1n) is 12.9. The summed E-state index contributed by atoms with van der Waals surface area (Å²) in [5.74, 6) is 0. The Morgan fingerprint density at radius 1 is 0.406 bits per heavy atom. The Morgan fingerprint density at radius 2 is 0.656 bits per heavy atom. The molecule has 0 aromatic heterocycles. The molecule has 32 heavy (non-hydrogen) atoms. The third-order valence-corrected chi connectivity index (χ3v) is 14.5. The molecule has 0 aromatic carbocycles. The average molecular weight is 495 g/mol. The van der Waals surface area contributed by atoms with Gasteiger partial charge in [-0.3, -0.25) is 0 Å². The van der Waals surface area contributed by atoms with Gasteiger partial charge >= 0.3 is 17.6 Å². The lowest BCUT2D eigenvalue weighted by atomic mass is 10.0. The highest BCUT2D eigenvalue weighted by atomic mass is 28.5. The summed E-state index contributed by atoms with van der Waals surface area (Å²) in [5.41, 5.74) is 0. The van der Waals surface area contributed by atoms with E-state index in [1.165, 1.54) is 89.9 Å². The van der Waals surface area contributed by atoms with Gasteiger partial charge in [0.25, 0.3) is 0 Å². The zero-order valence-electron chi connectivity index (χ0n) is 22.3. The van der Waals surface area contributed by atoms with Crippen molar-refractivity contribution < 1.29 is 26.6 Å². The van der Waals surface area contributed by atoms with Crippen LogP contribution in [0, 0.1) is 0 Å². The van der Waals surface area contributed by atoms with Crippen LogP contribution >= 0.6 is 0 Å². The van der Waals surface area contributed by atoms with Gasteiger partial charge in [-0.2, -0.15) is 0 Å². The van der Waals surface area contributed by atoms with Crippen LogP contribution in [0.5, 0.6) is 0 Å². The number of hydrogen-bond donors (Lipinski definition) is 0. The lowest BCUT2D eigenvalue weighted by molar-refractivity contribution is 0.0778. The Morgan fingerprint density at radius 3 is 0.906 bits per heavy atom.